The summed E-state index contributed by atoms with van der Waals surface area (Å²) in [4.78, 5) is 131. The number of carbonyl (C=O) groups is 9. The molecule has 0 spiro atoms. The Kier molecular flexibility index (Phi) is 27.4. The monoisotopic (exact) mass is 1250 g/mol. The number of likely N-dealkylation sites (N-methyl/N-ethyl adjacent to an activating group) is 3. The van der Waals surface area contributed by atoms with E-state index in [1.165, 1.54) is 68.9 Å². The molecule has 4 aromatic rings. The van der Waals surface area contributed by atoms with Crippen molar-refractivity contribution in [1.29, 1.82) is 0 Å². The highest BCUT2D eigenvalue weighted by molar-refractivity contribution is 6.38. The number of hydrogen-bond donors (Lipinski definition) is 1. The van der Waals surface area contributed by atoms with Gasteiger partial charge in [0.2, 0.25) is 29.3 Å². The molecule has 90 heavy (non-hydrogen) atoms. The number of amides is 5. The molecule has 1 aliphatic heterocycles. The van der Waals surface area contributed by atoms with Gasteiger partial charge >= 0.3 is 11.9 Å². The average Bonchev–Trinajstić information content (AvgIpc) is 2.10. The Balaban J connectivity index is 1.43. The van der Waals surface area contributed by atoms with Gasteiger partial charge in [-0.1, -0.05) is 87.0 Å². The summed E-state index contributed by atoms with van der Waals surface area (Å²) in [7, 11) is 9.13. The summed E-state index contributed by atoms with van der Waals surface area (Å²) < 4.78 is 40.7. The summed E-state index contributed by atoms with van der Waals surface area (Å²) in [5.41, 5.74) is -0.171. The van der Waals surface area contributed by atoms with Crippen molar-refractivity contribution in [3.8, 4) is 23.0 Å². The van der Waals surface area contributed by atoms with E-state index in [4.69, 9.17) is 33.2 Å². The summed E-state index contributed by atoms with van der Waals surface area (Å²) in [6, 6.07) is 20.5. The minimum Gasteiger partial charge on any atom is -0.493 e. The number of ether oxygens (including phenoxy) is 7. The fraction of sp³-hybridized carbons (Fsp3) is 0.522. The topological polar surface area (TPSA) is 243 Å². The van der Waals surface area contributed by atoms with Gasteiger partial charge in [-0.2, -0.15) is 0 Å². The number of unbranched alkanes of at least 4 members (excludes halogenated alkanes) is 1. The summed E-state index contributed by atoms with van der Waals surface area (Å²) in [6.45, 7) is 14.7. The van der Waals surface area contributed by atoms with Crippen LogP contribution in [0, 0.1) is 11.3 Å². The molecule has 490 valence electrons. The number of aryl methyl sites for hydroxylation is 1. The fourth-order valence-electron chi connectivity index (χ4n) is 10.6. The number of Topliss-reactive ketones (excluding diaryl/α,β-unsaturated/α-hetero) is 2. The zero-order valence-corrected chi connectivity index (χ0v) is 54.8. The molecule has 1 fully saturated rings. The summed E-state index contributed by atoms with van der Waals surface area (Å²) in [6.07, 6.45) is 3.11. The minimum atomic E-state index is -1.42. The third-order valence-electron chi connectivity index (χ3n) is 16.2. The highest BCUT2D eigenvalue weighted by atomic mass is 16.6. The normalized spacial score (nSPS) is 14.6. The molecule has 21 nitrogen and oxygen atoms in total. The number of esters is 2. The number of fused-ring (bicyclic) bond motifs is 1. The van der Waals surface area contributed by atoms with Gasteiger partial charge in [-0.15, -0.1) is 0 Å². The Morgan fingerprint density at radius 2 is 1.49 bits per heavy atom. The molecule has 0 saturated carbocycles. The van der Waals surface area contributed by atoms with Gasteiger partial charge in [0.05, 0.1) is 51.5 Å². The van der Waals surface area contributed by atoms with Gasteiger partial charge in [-0.3, -0.25) is 33.6 Å². The number of benzene rings is 4. The second-order valence-corrected chi connectivity index (χ2v) is 24.3. The van der Waals surface area contributed by atoms with Crippen molar-refractivity contribution < 1.29 is 76.3 Å². The van der Waals surface area contributed by atoms with Crippen molar-refractivity contribution in [2.45, 2.75) is 143 Å². The van der Waals surface area contributed by atoms with E-state index in [0.29, 0.717) is 60.6 Å². The van der Waals surface area contributed by atoms with Crippen LogP contribution in [0.5, 0.6) is 23.0 Å². The van der Waals surface area contributed by atoms with Crippen molar-refractivity contribution in [2.75, 3.05) is 81.9 Å². The number of methoxy groups -OCH3 is 3. The maximum atomic E-state index is 15.0. The lowest BCUT2D eigenvalue weighted by molar-refractivity contribution is -0.165. The number of carbonyl (C=O) groups excluding carboxylic acids is 9. The molecule has 1 saturated heterocycles. The summed E-state index contributed by atoms with van der Waals surface area (Å²) in [5, 5.41) is 4.61. The van der Waals surface area contributed by atoms with Crippen LogP contribution in [0.25, 0.3) is 10.8 Å². The molecule has 1 aliphatic rings. The first-order valence-electron chi connectivity index (χ1n) is 30.8. The van der Waals surface area contributed by atoms with Crippen molar-refractivity contribution in [3.63, 3.8) is 0 Å². The molecule has 21 heteroatoms. The number of hydrogen-bond acceptors (Lipinski definition) is 16. The Morgan fingerprint density at radius 3 is 2.14 bits per heavy atom. The van der Waals surface area contributed by atoms with Crippen LogP contribution >= 0.6 is 0 Å². The molecule has 0 aliphatic carbocycles. The largest absolute Gasteiger partial charge is 0.493 e. The first kappa shape index (κ1) is 72.4. The molecular formula is C69H93N5O16. The first-order valence-corrected chi connectivity index (χ1v) is 30.8. The van der Waals surface area contributed by atoms with Gasteiger partial charge in [-0.25, -0.2) is 9.59 Å². The number of ketones is 2. The quantitative estimate of drug-likeness (QED) is 0.0263. The molecule has 0 aromatic heterocycles. The molecular weight excluding hydrogens is 1150 g/mol. The van der Waals surface area contributed by atoms with E-state index >= 15 is 4.79 Å². The van der Waals surface area contributed by atoms with E-state index in [1.54, 1.807) is 37.4 Å². The molecule has 5 atom stereocenters. The third-order valence-corrected chi connectivity index (χ3v) is 16.2. The Hall–Kier alpha value is -8.33. The minimum absolute atomic E-state index is 0.106. The van der Waals surface area contributed by atoms with Crippen molar-refractivity contribution in [3.05, 3.63) is 108 Å². The summed E-state index contributed by atoms with van der Waals surface area (Å²) >= 11 is 0. The predicted molar refractivity (Wildman–Crippen MR) is 340 cm³/mol. The van der Waals surface area contributed by atoms with E-state index in [1.807, 2.05) is 83.1 Å². The van der Waals surface area contributed by atoms with Gasteiger partial charge in [0, 0.05) is 52.6 Å². The van der Waals surface area contributed by atoms with Crippen LogP contribution in [0.3, 0.4) is 0 Å². The molecule has 4 aromatic carbocycles. The number of rotatable bonds is 34. The van der Waals surface area contributed by atoms with Gasteiger partial charge in [0.1, 0.15) is 30.5 Å². The molecule has 5 rings (SSSR count). The second kappa shape index (κ2) is 34.0. The van der Waals surface area contributed by atoms with Crippen LogP contribution in [-0.2, 0) is 70.2 Å². The molecule has 0 bridgehead atoms. The lowest BCUT2D eigenvalue weighted by Crippen LogP contribution is -2.54. The highest BCUT2D eigenvalue weighted by Gasteiger charge is 2.43. The highest BCUT2D eigenvalue weighted by Crippen LogP contribution is 2.41. The SMILES string of the molecule is C=CC(=O)OCC(C)(C)C(=O)C(=O)N1CCCC[C@H]1C(=O)O[C@H](CCc1ccc(OC)c(OC)c1OC)c1cccc(OCC(=O)N(C)[C@@H](CCCC)C(=O)C[C@@H](Cc2ccc3ccccc3c2)C(=O)N(C)[C@@H](COC(C)(C)C)C(=O)NCC(=O)N(C)CC)c1. The smallest absolute Gasteiger partial charge is 0.330 e. The van der Waals surface area contributed by atoms with Gasteiger partial charge in [0.25, 0.3) is 11.8 Å². The van der Waals surface area contributed by atoms with Gasteiger partial charge in [0.15, 0.2) is 23.9 Å². The predicted octanol–water partition coefficient (Wildman–Crippen LogP) is 8.24. The van der Waals surface area contributed by atoms with Crippen molar-refractivity contribution in [1.82, 2.24) is 24.9 Å². The van der Waals surface area contributed by atoms with E-state index in [-0.39, 0.29) is 82.3 Å². The zero-order chi connectivity index (χ0) is 66.5. The Bertz CT molecular complexity index is 3170. The van der Waals surface area contributed by atoms with E-state index in [9.17, 15) is 38.4 Å². The number of nitrogens with one attached hydrogen (secondary N) is 1. The molecule has 0 unspecified atom stereocenters. The molecule has 1 heterocycles. The van der Waals surface area contributed by atoms with E-state index in [2.05, 4.69) is 11.9 Å². The number of likely N-dealkylation sites (tertiary alicyclic amines) is 1. The lowest BCUT2D eigenvalue weighted by atomic mass is 9.87. The van der Waals surface area contributed by atoms with Crippen LogP contribution in [0.2, 0.25) is 0 Å². The van der Waals surface area contributed by atoms with Crippen LogP contribution in [0.1, 0.15) is 123 Å². The van der Waals surface area contributed by atoms with Crippen LogP contribution in [0.15, 0.2) is 91.5 Å². The first-order chi connectivity index (χ1) is 42.7. The fourth-order valence-corrected chi connectivity index (χ4v) is 10.6. The summed E-state index contributed by atoms with van der Waals surface area (Å²) in [5.74, 6) is -5.16. The molecule has 0 radical (unpaired) electrons. The lowest BCUT2D eigenvalue weighted by Gasteiger charge is -2.36. The Morgan fingerprint density at radius 1 is 0.778 bits per heavy atom. The standard InChI is InChI=1S/C69H93N5O16/c1-15-18-28-52(55(75)40-50(38-45-30-31-46-24-19-20-25-48(46)37-45)65(81)73(11)54(42-89-68(4,5)6)64(80)70-41-58(76)71(9)17-3)72(10)59(77)43-87-51-27-23-26-49(39-51)56(34-32-47-33-35-57(84-12)62(86-14)61(47)85-13)90-67(83)53-29-21-22-36-74(53)66(82)63(79)69(7,8)44-88-60(78)16-2/h16,19-20,23-27,30-31,33,35,37,39,50,52-54,56H,2,15,17-18,21-22,28-29,32,34,36,38,40-44H2,1,3-14H3,(H,70,80)/t50-,52+,53+,54+,56-/m1/s1. The van der Waals surface area contributed by atoms with Gasteiger partial charge < -0.3 is 58.1 Å². The third kappa shape index (κ3) is 20.1. The van der Waals surface area contributed by atoms with Crippen LogP contribution < -0.4 is 24.3 Å². The zero-order valence-electron chi connectivity index (χ0n) is 54.8. The average molecular weight is 1250 g/mol. The Labute approximate surface area is 530 Å². The van der Waals surface area contributed by atoms with Crippen molar-refractivity contribution >= 4 is 63.8 Å². The van der Waals surface area contributed by atoms with E-state index in [0.717, 1.165) is 22.4 Å². The van der Waals surface area contributed by atoms with Crippen LogP contribution in [-0.4, -0.2) is 178 Å². The maximum Gasteiger partial charge on any atom is 0.330 e. The van der Waals surface area contributed by atoms with Crippen molar-refractivity contribution in [2.24, 2.45) is 11.3 Å². The maximum absolute atomic E-state index is 15.0. The number of nitrogens with zero attached hydrogens (tertiary/aromatic N) is 4. The van der Waals surface area contributed by atoms with Gasteiger partial charge in [-0.05, 0) is 132 Å². The van der Waals surface area contributed by atoms with Crippen LogP contribution in [0.4, 0.5) is 0 Å². The number of piperidine rings is 1. The second-order valence-electron chi connectivity index (χ2n) is 24.3. The molecule has 1 N–H and O–H groups in total. The van der Waals surface area contributed by atoms with E-state index < -0.39 is 89.1 Å². The molecule has 5 amide bonds.